The van der Waals surface area contributed by atoms with E-state index in [0.29, 0.717) is 0 Å². The van der Waals surface area contributed by atoms with E-state index in [-0.39, 0.29) is 0 Å². The summed E-state index contributed by atoms with van der Waals surface area (Å²) in [7, 11) is 0. The number of hydrogen-bond donors (Lipinski definition) is 1. The summed E-state index contributed by atoms with van der Waals surface area (Å²) in [6, 6.07) is 0. The molecule has 0 saturated heterocycles. The molecule has 7 heavy (non-hydrogen) atoms. The fourth-order valence-corrected chi connectivity index (χ4v) is 0.250. The van der Waals surface area contributed by atoms with Gasteiger partial charge in [-0.05, 0) is 13.1 Å². The topological polar surface area (TPSA) is 29.1 Å². The Balaban J connectivity index is 0. The van der Waals surface area contributed by atoms with Gasteiger partial charge in [0.2, 0.25) is 0 Å². The summed E-state index contributed by atoms with van der Waals surface area (Å²) in [5, 5.41) is 3.11. The Morgan fingerprint density at radius 2 is 1.57 bits per heavy atom. The van der Waals surface area contributed by atoms with Crippen molar-refractivity contribution in [2.45, 2.75) is 13.8 Å². The maximum absolute atomic E-state index is 8.00. The van der Waals surface area contributed by atoms with Crippen molar-refractivity contribution in [2.24, 2.45) is 0 Å². The predicted octanol–water partition coefficient (Wildman–Crippen LogP) is 0.494. The Hall–Kier alpha value is 0.279. The van der Waals surface area contributed by atoms with Crippen LogP contribution in [0.1, 0.15) is 13.8 Å². The summed E-state index contributed by atoms with van der Waals surface area (Å²) in [6.45, 7) is 6.39. The van der Waals surface area contributed by atoms with Gasteiger partial charge < -0.3 is 5.32 Å². The van der Waals surface area contributed by atoms with Crippen LogP contribution in [0.4, 0.5) is 0 Å². The van der Waals surface area contributed by atoms with E-state index in [1.54, 1.807) is 0 Å². The average Bonchev–Trinajstić information content (AvgIpc) is 1.75. The molecule has 0 radical (unpaired) electrons. The Kier molecular flexibility index (Phi) is 23.9. The van der Waals surface area contributed by atoms with Crippen LogP contribution in [-0.2, 0) is 19.8 Å². The quantitative estimate of drug-likeness (QED) is 0.573. The van der Waals surface area contributed by atoms with E-state index < -0.39 is 0 Å². The first-order valence-electron chi connectivity index (χ1n) is 2.27. The van der Waals surface area contributed by atoms with Crippen LogP contribution in [-0.4, -0.2) is 13.1 Å². The van der Waals surface area contributed by atoms with Gasteiger partial charge in [-0.1, -0.05) is 13.8 Å². The van der Waals surface area contributed by atoms with Gasteiger partial charge >= 0.3 is 19.8 Å². The zero-order valence-electron chi connectivity index (χ0n) is 4.68. The molecule has 0 aromatic rings. The van der Waals surface area contributed by atoms with Crippen LogP contribution < -0.4 is 5.32 Å². The van der Waals surface area contributed by atoms with Crippen LogP contribution in [0.5, 0.6) is 0 Å². The minimum atomic E-state index is 1.09. The summed E-state index contributed by atoms with van der Waals surface area (Å²) in [5.41, 5.74) is 0. The van der Waals surface area contributed by atoms with Crippen LogP contribution in [0.25, 0.3) is 0 Å². The average molecular weight is 145 g/mol. The van der Waals surface area contributed by atoms with Crippen LogP contribution in [0.15, 0.2) is 0 Å². The van der Waals surface area contributed by atoms with Gasteiger partial charge in [-0.2, -0.15) is 0 Å². The van der Waals surface area contributed by atoms with Crippen molar-refractivity contribution < 1.29 is 19.8 Å². The van der Waals surface area contributed by atoms with Gasteiger partial charge in [-0.15, -0.1) is 0 Å². The molecule has 0 rings (SSSR count). The zero-order valence-corrected chi connectivity index (χ0v) is 5.78. The number of nitrogens with one attached hydrogen (secondary N) is 1. The van der Waals surface area contributed by atoms with Gasteiger partial charge in [0.05, 0.1) is 0 Å². The first-order valence-corrected chi connectivity index (χ1v) is 2.72. The maximum atomic E-state index is 8.00. The summed E-state index contributed by atoms with van der Waals surface area (Å²) < 4.78 is 8.00. The molecule has 0 unspecified atom stereocenters. The first kappa shape index (κ1) is 10.3. The summed E-state index contributed by atoms with van der Waals surface area (Å²) in [6.07, 6.45) is 0. The Bertz CT molecular complexity index is 25.7. The van der Waals surface area contributed by atoms with E-state index in [2.05, 4.69) is 19.2 Å². The Morgan fingerprint density at radius 3 is 1.57 bits per heavy atom. The molecule has 0 aliphatic carbocycles. The second kappa shape index (κ2) is 16.3. The van der Waals surface area contributed by atoms with Crippen molar-refractivity contribution in [3.63, 3.8) is 0 Å². The molecule has 0 bridgehead atoms. The van der Waals surface area contributed by atoms with E-state index in [1.807, 2.05) is 15.9 Å². The molecule has 1 N–H and O–H groups in total. The van der Waals surface area contributed by atoms with Crippen molar-refractivity contribution in [1.29, 1.82) is 0 Å². The molecule has 0 fully saturated rings. The van der Waals surface area contributed by atoms with Gasteiger partial charge in [0, 0.05) is 0 Å². The third-order valence-corrected chi connectivity index (χ3v) is 0.500. The van der Waals surface area contributed by atoms with Gasteiger partial charge in [0.1, 0.15) is 0 Å². The predicted molar refractivity (Wildman–Crippen MR) is 24.9 cm³/mol. The molecule has 0 aliphatic heterocycles. The van der Waals surface area contributed by atoms with Gasteiger partial charge in [0.15, 0.2) is 0 Å². The van der Waals surface area contributed by atoms with Crippen molar-refractivity contribution in [3.8, 4) is 0 Å². The molecule has 0 aromatic carbocycles. The van der Waals surface area contributed by atoms with Crippen LogP contribution in [0.2, 0.25) is 0 Å². The Morgan fingerprint density at radius 1 is 1.29 bits per heavy atom. The van der Waals surface area contributed by atoms with E-state index in [1.165, 1.54) is 0 Å². The molecule has 2 nitrogen and oxygen atoms in total. The molecule has 46 valence electrons. The first-order chi connectivity index (χ1) is 3.41. The van der Waals surface area contributed by atoms with Crippen molar-refractivity contribution in [1.82, 2.24) is 5.32 Å². The van der Waals surface area contributed by atoms with E-state index in [9.17, 15) is 0 Å². The normalized spacial score (nSPS) is 6.71. The summed E-state index contributed by atoms with van der Waals surface area (Å²) in [4.78, 5) is 0. The van der Waals surface area contributed by atoms with E-state index in [4.69, 9.17) is 3.83 Å². The van der Waals surface area contributed by atoms with Crippen LogP contribution in [0.3, 0.4) is 0 Å². The molecule has 0 saturated carbocycles. The van der Waals surface area contributed by atoms with E-state index >= 15 is 0 Å². The van der Waals surface area contributed by atoms with Crippen molar-refractivity contribution in [2.75, 3.05) is 13.1 Å². The third kappa shape index (κ3) is 22.1. The number of hydrogen-bond acceptors (Lipinski definition) is 2. The Labute approximate surface area is 52.7 Å². The van der Waals surface area contributed by atoms with Crippen LogP contribution >= 0.6 is 0 Å². The van der Waals surface area contributed by atoms with E-state index in [0.717, 1.165) is 13.1 Å². The molecular weight excluding hydrogens is 134 g/mol. The fourth-order valence-electron chi connectivity index (χ4n) is 0.250. The molecule has 3 heteroatoms. The molecule has 0 aliphatic rings. The fraction of sp³-hybridized carbons (Fsp3) is 1.00. The molecular formula is C4H11FeNO. The molecule has 0 aromatic heterocycles. The molecule has 0 atom stereocenters. The molecule has 0 spiro atoms. The van der Waals surface area contributed by atoms with Crippen LogP contribution in [0, 0.1) is 0 Å². The summed E-state index contributed by atoms with van der Waals surface area (Å²) in [5.74, 6) is 0. The second-order valence-corrected chi connectivity index (χ2v) is 0.957. The SMILES string of the molecule is CCNCC.[O]=[Fe]. The van der Waals surface area contributed by atoms with Crippen molar-refractivity contribution >= 4 is 0 Å². The molecule has 0 amide bonds. The molecule has 0 heterocycles. The zero-order chi connectivity index (χ0) is 6.12. The van der Waals surface area contributed by atoms with Gasteiger partial charge in [-0.3, -0.25) is 0 Å². The summed E-state index contributed by atoms with van der Waals surface area (Å²) >= 11 is 2.00. The third-order valence-electron chi connectivity index (χ3n) is 0.500. The van der Waals surface area contributed by atoms with Crippen molar-refractivity contribution in [3.05, 3.63) is 0 Å². The number of rotatable bonds is 2. The monoisotopic (exact) mass is 145 g/mol. The minimum absolute atomic E-state index is 1.09. The van der Waals surface area contributed by atoms with Gasteiger partial charge in [0.25, 0.3) is 0 Å². The van der Waals surface area contributed by atoms with Gasteiger partial charge in [-0.25, -0.2) is 0 Å². The second-order valence-electron chi connectivity index (χ2n) is 0.957. The standard InChI is InChI=1S/C4H11N.Fe.O/c1-3-5-4-2;;/h5H,3-4H2,1-2H3;;.